The van der Waals surface area contributed by atoms with E-state index in [0.717, 1.165) is 17.0 Å². The lowest BCUT2D eigenvalue weighted by molar-refractivity contribution is -0.137. The second kappa shape index (κ2) is 11.0. The maximum atomic E-state index is 13.1. The van der Waals surface area contributed by atoms with E-state index in [0.29, 0.717) is 35.0 Å². The molecule has 2 N–H and O–H groups in total. The molecule has 176 valence electrons. The Morgan fingerprint density at radius 3 is 2.09 bits per heavy atom. The first kappa shape index (κ1) is 25.9. The summed E-state index contributed by atoms with van der Waals surface area (Å²) in [5.41, 5.74) is 0.169. The van der Waals surface area contributed by atoms with Gasteiger partial charge in [0, 0.05) is 34.9 Å². The van der Waals surface area contributed by atoms with Gasteiger partial charge in [-0.25, -0.2) is 9.59 Å². The van der Waals surface area contributed by atoms with E-state index in [1.165, 1.54) is 22.7 Å². The molecule has 1 aliphatic heterocycles. The Morgan fingerprint density at radius 2 is 1.55 bits per heavy atom. The SMILES string of the molecule is CN(C)CCC(=O)N1c2ccccc2Sc2ccc(C(F)(F)F)cc21.O=C(O)/C=C/C(=O)O. The molecule has 0 aromatic heterocycles. The first-order valence-corrected chi connectivity index (χ1v) is 10.3. The van der Waals surface area contributed by atoms with Gasteiger partial charge in [0.1, 0.15) is 0 Å². The van der Waals surface area contributed by atoms with Gasteiger partial charge in [0.15, 0.2) is 0 Å². The molecule has 0 saturated carbocycles. The summed E-state index contributed by atoms with van der Waals surface area (Å²) in [5.74, 6) is -2.73. The normalized spacial score (nSPS) is 12.6. The third-order valence-corrected chi connectivity index (χ3v) is 5.37. The van der Waals surface area contributed by atoms with Crippen molar-refractivity contribution in [3.63, 3.8) is 0 Å². The van der Waals surface area contributed by atoms with Crippen LogP contribution in [0.4, 0.5) is 24.5 Å². The number of carboxylic acids is 2. The van der Waals surface area contributed by atoms with Crippen molar-refractivity contribution in [3.8, 4) is 0 Å². The van der Waals surface area contributed by atoms with Crippen molar-refractivity contribution in [2.24, 2.45) is 0 Å². The fourth-order valence-electron chi connectivity index (χ4n) is 2.77. The molecule has 0 spiro atoms. The summed E-state index contributed by atoms with van der Waals surface area (Å²) in [4.78, 5) is 36.7. The molecular formula is C22H21F3N2O5S. The van der Waals surface area contributed by atoms with Crippen LogP contribution >= 0.6 is 11.8 Å². The number of amides is 1. The molecule has 2 aromatic carbocycles. The zero-order chi connectivity index (χ0) is 24.8. The standard InChI is InChI=1S/C18H17F3N2OS.C4H4O4/c1-22(2)10-9-17(24)23-13-5-3-4-6-15(13)25-16-8-7-12(11-14(16)23)18(19,20)21;5-3(6)1-2-4(7)8/h3-8,11H,9-10H2,1-2H3;1-2H,(H,5,6)(H,7,8)/b;2-1+. The van der Waals surface area contributed by atoms with Gasteiger partial charge in [0.05, 0.1) is 16.9 Å². The molecule has 0 saturated heterocycles. The lowest BCUT2D eigenvalue weighted by Gasteiger charge is -2.32. The van der Waals surface area contributed by atoms with Crippen molar-refractivity contribution >= 4 is 41.0 Å². The summed E-state index contributed by atoms with van der Waals surface area (Å²) in [6, 6.07) is 10.8. The van der Waals surface area contributed by atoms with E-state index < -0.39 is 23.7 Å². The van der Waals surface area contributed by atoms with Gasteiger partial charge in [0.25, 0.3) is 0 Å². The number of benzene rings is 2. The predicted octanol–water partition coefficient (Wildman–Crippen LogP) is 4.50. The maximum Gasteiger partial charge on any atom is 0.416 e. The van der Waals surface area contributed by atoms with E-state index in [-0.39, 0.29) is 12.3 Å². The summed E-state index contributed by atoms with van der Waals surface area (Å²) >= 11 is 1.38. The zero-order valence-electron chi connectivity index (χ0n) is 17.7. The number of hydrogen-bond acceptors (Lipinski definition) is 5. The van der Waals surface area contributed by atoms with Gasteiger partial charge in [-0.15, -0.1) is 0 Å². The van der Waals surface area contributed by atoms with E-state index >= 15 is 0 Å². The molecule has 0 radical (unpaired) electrons. The molecule has 0 atom stereocenters. The number of carbonyl (C=O) groups excluding carboxylic acids is 1. The lowest BCUT2D eigenvalue weighted by atomic mass is 10.1. The molecule has 3 rings (SSSR count). The van der Waals surface area contributed by atoms with Crippen LogP contribution in [0.3, 0.4) is 0 Å². The van der Waals surface area contributed by atoms with Crippen LogP contribution in [0.15, 0.2) is 64.4 Å². The fourth-order valence-corrected chi connectivity index (χ4v) is 3.81. The van der Waals surface area contributed by atoms with Crippen molar-refractivity contribution in [2.75, 3.05) is 25.5 Å². The summed E-state index contributed by atoms with van der Waals surface area (Å²) < 4.78 is 39.4. The van der Waals surface area contributed by atoms with Crippen LogP contribution in [0.5, 0.6) is 0 Å². The third kappa shape index (κ3) is 7.36. The van der Waals surface area contributed by atoms with Crippen LogP contribution in [-0.2, 0) is 20.6 Å². The smallest absolute Gasteiger partial charge is 0.416 e. The predicted molar refractivity (Wildman–Crippen MR) is 117 cm³/mol. The first-order chi connectivity index (χ1) is 15.4. The Hall–Kier alpha value is -3.31. The molecule has 1 amide bonds. The number of carbonyl (C=O) groups is 3. The van der Waals surface area contributed by atoms with Crippen LogP contribution in [0.1, 0.15) is 12.0 Å². The van der Waals surface area contributed by atoms with E-state index in [1.54, 1.807) is 12.1 Å². The summed E-state index contributed by atoms with van der Waals surface area (Å²) in [7, 11) is 3.70. The van der Waals surface area contributed by atoms with Crippen LogP contribution < -0.4 is 4.90 Å². The number of fused-ring (bicyclic) bond motifs is 2. The largest absolute Gasteiger partial charge is 0.478 e. The Balaban J connectivity index is 0.000000414. The number of carboxylic acid groups (broad SMARTS) is 2. The molecule has 1 aliphatic rings. The fraction of sp³-hybridized carbons (Fsp3) is 0.227. The van der Waals surface area contributed by atoms with Gasteiger partial charge >= 0.3 is 18.1 Å². The van der Waals surface area contributed by atoms with Gasteiger partial charge in [-0.3, -0.25) is 9.69 Å². The van der Waals surface area contributed by atoms with Gasteiger partial charge in [-0.1, -0.05) is 23.9 Å². The highest BCUT2D eigenvalue weighted by Crippen LogP contribution is 2.49. The van der Waals surface area contributed by atoms with Gasteiger partial charge in [0.2, 0.25) is 5.91 Å². The van der Waals surface area contributed by atoms with E-state index in [9.17, 15) is 27.6 Å². The minimum Gasteiger partial charge on any atom is -0.478 e. The highest BCUT2D eigenvalue weighted by Gasteiger charge is 2.34. The Morgan fingerprint density at radius 1 is 0.970 bits per heavy atom. The highest BCUT2D eigenvalue weighted by atomic mass is 32.2. The Labute approximate surface area is 192 Å². The Kier molecular flexibility index (Phi) is 8.66. The van der Waals surface area contributed by atoms with Crippen molar-refractivity contribution in [1.29, 1.82) is 0 Å². The summed E-state index contributed by atoms with van der Waals surface area (Å²) in [5, 5.41) is 15.6. The third-order valence-electron chi connectivity index (χ3n) is 4.24. The van der Waals surface area contributed by atoms with Gasteiger partial charge in [-0.2, -0.15) is 13.2 Å². The molecule has 0 unspecified atom stereocenters. The second-order valence-corrected chi connectivity index (χ2v) is 8.13. The molecule has 33 heavy (non-hydrogen) atoms. The molecule has 0 aliphatic carbocycles. The summed E-state index contributed by atoms with van der Waals surface area (Å²) in [6.45, 7) is 0.527. The van der Waals surface area contributed by atoms with Crippen molar-refractivity contribution < 1.29 is 37.8 Å². The van der Waals surface area contributed by atoms with E-state index in [1.807, 2.05) is 31.1 Å². The lowest BCUT2D eigenvalue weighted by Crippen LogP contribution is -2.31. The number of nitrogens with zero attached hydrogens (tertiary/aromatic N) is 2. The van der Waals surface area contributed by atoms with E-state index in [4.69, 9.17) is 10.2 Å². The number of aliphatic carboxylic acids is 2. The molecule has 0 bridgehead atoms. The van der Waals surface area contributed by atoms with Crippen molar-refractivity contribution in [1.82, 2.24) is 4.90 Å². The molecule has 7 nitrogen and oxygen atoms in total. The number of para-hydroxylation sites is 1. The van der Waals surface area contributed by atoms with Gasteiger partial charge < -0.3 is 15.1 Å². The minimum atomic E-state index is -4.45. The number of alkyl halides is 3. The zero-order valence-corrected chi connectivity index (χ0v) is 18.5. The number of halogens is 3. The average molecular weight is 482 g/mol. The molecular weight excluding hydrogens is 461 g/mol. The maximum absolute atomic E-state index is 13.1. The molecule has 11 heteroatoms. The topological polar surface area (TPSA) is 98.2 Å². The number of anilines is 2. The van der Waals surface area contributed by atoms with Crippen LogP contribution in [0, 0.1) is 0 Å². The van der Waals surface area contributed by atoms with E-state index in [2.05, 4.69) is 0 Å². The van der Waals surface area contributed by atoms with Crippen LogP contribution in [0.25, 0.3) is 0 Å². The van der Waals surface area contributed by atoms with Crippen molar-refractivity contribution in [3.05, 3.63) is 60.2 Å². The number of hydrogen-bond donors (Lipinski definition) is 2. The van der Waals surface area contributed by atoms with Crippen molar-refractivity contribution in [2.45, 2.75) is 22.4 Å². The average Bonchev–Trinajstić information content (AvgIpc) is 2.73. The minimum absolute atomic E-state index is 0.220. The van der Waals surface area contributed by atoms with Crippen LogP contribution in [0.2, 0.25) is 0 Å². The summed E-state index contributed by atoms with van der Waals surface area (Å²) in [6.07, 6.45) is -3.11. The number of rotatable bonds is 5. The quantitative estimate of drug-likeness (QED) is 0.606. The molecule has 2 aromatic rings. The first-order valence-electron chi connectivity index (χ1n) is 9.50. The molecule has 0 fully saturated rings. The second-order valence-electron chi connectivity index (χ2n) is 7.04. The Bertz CT molecular complexity index is 1050. The highest BCUT2D eigenvalue weighted by molar-refractivity contribution is 7.99. The molecule has 1 heterocycles. The van der Waals surface area contributed by atoms with Crippen LogP contribution in [-0.4, -0.2) is 53.6 Å². The monoisotopic (exact) mass is 482 g/mol. The van der Waals surface area contributed by atoms with Gasteiger partial charge in [-0.05, 0) is 44.4 Å².